The molecule has 2 aliphatic heterocycles. The number of nitrogens with zero attached hydrogens (tertiary/aromatic N) is 1. The highest BCUT2D eigenvalue weighted by Crippen LogP contribution is 2.40. The smallest absolute Gasteiger partial charge is 0.410 e. The van der Waals surface area contributed by atoms with E-state index in [-0.39, 0.29) is 6.09 Å². The Hall–Kier alpha value is -1.30. The number of ether oxygens (including phenoxy) is 2. The van der Waals surface area contributed by atoms with Crippen molar-refractivity contribution < 1.29 is 24.2 Å². The molecule has 6 heteroatoms. The molecule has 23 heavy (non-hydrogen) atoms. The van der Waals surface area contributed by atoms with Crippen LogP contribution in [0.3, 0.4) is 0 Å². The summed E-state index contributed by atoms with van der Waals surface area (Å²) in [7, 11) is 0. The molecule has 2 rings (SSSR count). The molecule has 2 saturated heterocycles. The van der Waals surface area contributed by atoms with Crippen molar-refractivity contribution in [1.29, 1.82) is 0 Å². The molecule has 0 unspecified atom stereocenters. The molecule has 0 bridgehead atoms. The molecule has 6 nitrogen and oxygen atoms in total. The zero-order chi connectivity index (χ0) is 17.1. The molecule has 0 aliphatic carbocycles. The molecule has 2 heterocycles. The lowest BCUT2D eigenvalue weighted by Crippen LogP contribution is -2.44. The fraction of sp³-hybridized carbons (Fsp3) is 0.882. The number of rotatable bonds is 3. The average Bonchev–Trinajstić information content (AvgIpc) is 2.47. The third-order valence-electron chi connectivity index (χ3n) is 4.85. The van der Waals surface area contributed by atoms with Crippen molar-refractivity contribution in [2.24, 2.45) is 11.3 Å². The Labute approximate surface area is 138 Å². The quantitative estimate of drug-likeness (QED) is 0.862. The second kappa shape index (κ2) is 7.07. The molecule has 1 N–H and O–H groups in total. The summed E-state index contributed by atoms with van der Waals surface area (Å²) in [5, 5.41) is 9.65. The van der Waals surface area contributed by atoms with Crippen LogP contribution in [-0.2, 0) is 14.3 Å². The van der Waals surface area contributed by atoms with Gasteiger partial charge in [0.1, 0.15) is 5.60 Å². The van der Waals surface area contributed by atoms with Gasteiger partial charge >= 0.3 is 12.1 Å². The Kier molecular flexibility index (Phi) is 5.55. The zero-order valence-electron chi connectivity index (χ0n) is 14.5. The maximum absolute atomic E-state index is 12.1. The van der Waals surface area contributed by atoms with Crippen LogP contribution in [0.2, 0.25) is 0 Å². The van der Waals surface area contributed by atoms with Gasteiger partial charge in [-0.1, -0.05) is 0 Å². The normalized spacial score (nSPS) is 22.7. The van der Waals surface area contributed by atoms with Gasteiger partial charge < -0.3 is 19.5 Å². The number of carbonyl (C=O) groups excluding carboxylic acids is 1. The third kappa shape index (κ3) is 4.83. The molecule has 0 atom stereocenters. The number of likely N-dealkylation sites (tertiary alicyclic amines) is 1. The van der Waals surface area contributed by atoms with Crippen molar-refractivity contribution in [2.45, 2.75) is 58.5 Å². The van der Waals surface area contributed by atoms with E-state index in [4.69, 9.17) is 9.47 Å². The number of amides is 1. The van der Waals surface area contributed by atoms with Gasteiger partial charge in [-0.15, -0.1) is 0 Å². The lowest BCUT2D eigenvalue weighted by molar-refractivity contribution is -0.157. The first-order valence-corrected chi connectivity index (χ1v) is 8.51. The lowest BCUT2D eigenvalue weighted by atomic mass is 9.71. The van der Waals surface area contributed by atoms with E-state index in [1.54, 1.807) is 4.90 Å². The first-order valence-electron chi connectivity index (χ1n) is 8.51. The predicted octanol–water partition coefficient (Wildman–Crippen LogP) is 2.91. The van der Waals surface area contributed by atoms with Crippen LogP contribution in [0.5, 0.6) is 0 Å². The fourth-order valence-electron chi connectivity index (χ4n) is 3.47. The highest BCUT2D eigenvalue weighted by Gasteiger charge is 2.42. The number of piperidine rings is 1. The Morgan fingerprint density at radius 2 is 1.78 bits per heavy atom. The minimum absolute atomic E-state index is 0.269. The van der Waals surface area contributed by atoms with Gasteiger partial charge in [0.05, 0.1) is 5.41 Å². The van der Waals surface area contributed by atoms with Gasteiger partial charge in [-0.3, -0.25) is 4.79 Å². The largest absolute Gasteiger partial charge is 0.481 e. The van der Waals surface area contributed by atoms with Crippen LogP contribution in [0, 0.1) is 11.3 Å². The van der Waals surface area contributed by atoms with E-state index >= 15 is 0 Å². The molecule has 132 valence electrons. The van der Waals surface area contributed by atoms with Crippen molar-refractivity contribution in [3.63, 3.8) is 0 Å². The van der Waals surface area contributed by atoms with Gasteiger partial charge in [0, 0.05) is 26.3 Å². The standard InChI is InChI=1S/C17H29NO5/c1-16(2,3)23-15(21)18-8-4-13(5-9-18)12-17(14(19)20)6-10-22-11-7-17/h13H,4-12H2,1-3H3,(H,19,20). The maximum atomic E-state index is 12.1. The van der Waals surface area contributed by atoms with E-state index < -0.39 is 17.0 Å². The summed E-state index contributed by atoms with van der Waals surface area (Å²) in [6.07, 6.45) is 3.29. The Morgan fingerprint density at radius 3 is 2.26 bits per heavy atom. The zero-order valence-corrected chi connectivity index (χ0v) is 14.5. The average molecular weight is 327 g/mol. The van der Waals surface area contributed by atoms with Crippen LogP contribution in [0.4, 0.5) is 4.79 Å². The van der Waals surface area contributed by atoms with E-state index in [1.807, 2.05) is 20.8 Å². The number of carboxylic acid groups (broad SMARTS) is 1. The van der Waals surface area contributed by atoms with Crippen LogP contribution in [0.1, 0.15) is 52.9 Å². The lowest BCUT2D eigenvalue weighted by Gasteiger charge is -2.39. The highest BCUT2D eigenvalue weighted by molar-refractivity contribution is 5.74. The molecule has 0 aromatic heterocycles. The summed E-state index contributed by atoms with van der Waals surface area (Å²) >= 11 is 0. The number of carboxylic acids is 1. The summed E-state index contributed by atoms with van der Waals surface area (Å²) in [6, 6.07) is 0. The summed E-state index contributed by atoms with van der Waals surface area (Å²) in [5.41, 5.74) is -1.12. The van der Waals surface area contributed by atoms with Crippen molar-refractivity contribution in [3.05, 3.63) is 0 Å². The van der Waals surface area contributed by atoms with Crippen LogP contribution < -0.4 is 0 Å². The van der Waals surface area contributed by atoms with Crippen molar-refractivity contribution in [3.8, 4) is 0 Å². The van der Waals surface area contributed by atoms with Crippen molar-refractivity contribution in [2.75, 3.05) is 26.3 Å². The second-order valence-electron chi connectivity index (χ2n) is 7.81. The molecule has 1 amide bonds. The van der Waals surface area contributed by atoms with E-state index in [0.717, 1.165) is 12.8 Å². The summed E-state index contributed by atoms with van der Waals surface area (Å²) in [6.45, 7) is 7.93. The monoisotopic (exact) mass is 327 g/mol. The third-order valence-corrected chi connectivity index (χ3v) is 4.85. The molecule has 0 spiro atoms. The van der Waals surface area contributed by atoms with E-state index in [1.165, 1.54) is 0 Å². The Morgan fingerprint density at radius 1 is 1.22 bits per heavy atom. The molecular formula is C17H29NO5. The first-order chi connectivity index (χ1) is 10.7. The molecule has 2 aliphatic rings. The Balaban J connectivity index is 1.86. The minimum atomic E-state index is -0.699. The number of hydrogen-bond acceptors (Lipinski definition) is 4. The van der Waals surface area contributed by atoms with E-state index in [9.17, 15) is 14.7 Å². The van der Waals surface area contributed by atoms with Gasteiger partial charge in [0.2, 0.25) is 0 Å². The van der Waals surface area contributed by atoms with Gasteiger partial charge in [0.15, 0.2) is 0 Å². The molecule has 2 fully saturated rings. The molecule has 0 aromatic carbocycles. The predicted molar refractivity (Wildman–Crippen MR) is 85.3 cm³/mol. The topological polar surface area (TPSA) is 76.1 Å². The molecular weight excluding hydrogens is 298 g/mol. The van der Waals surface area contributed by atoms with Crippen LogP contribution in [0.25, 0.3) is 0 Å². The number of hydrogen-bond donors (Lipinski definition) is 1. The van der Waals surface area contributed by atoms with Gasteiger partial charge in [0.25, 0.3) is 0 Å². The highest BCUT2D eigenvalue weighted by atomic mass is 16.6. The maximum Gasteiger partial charge on any atom is 0.410 e. The molecule has 0 aromatic rings. The molecule has 0 saturated carbocycles. The van der Waals surface area contributed by atoms with Gasteiger partial charge in [-0.2, -0.15) is 0 Å². The van der Waals surface area contributed by atoms with Crippen LogP contribution >= 0.6 is 0 Å². The van der Waals surface area contributed by atoms with Gasteiger partial charge in [-0.25, -0.2) is 4.79 Å². The van der Waals surface area contributed by atoms with Crippen LogP contribution in [-0.4, -0.2) is 54.0 Å². The second-order valence-corrected chi connectivity index (χ2v) is 7.81. The van der Waals surface area contributed by atoms with Crippen molar-refractivity contribution in [1.82, 2.24) is 4.90 Å². The van der Waals surface area contributed by atoms with Crippen LogP contribution in [0.15, 0.2) is 0 Å². The van der Waals surface area contributed by atoms with E-state index in [2.05, 4.69) is 0 Å². The minimum Gasteiger partial charge on any atom is -0.481 e. The fourth-order valence-corrected chi connectivity index (χ4v) is 3.47. The van der Waals surface area contributed by atoms with Gasteiger partial charge in [-0.05, 0) is 58.8 Å². The Bertz CT molecular complexity index is 429. The van der Waals surface area contributed by atoms with Crippen molar-refractivity contribution >= 4 is 12.1 Å². The summed E-state index contributed by atoms with van der Waals surface area (Å²) in [4.78, 5) is 25.5. The van der Waals surface area contributed by atoms with E-state index in [0.29, 0.717) is 51.5 Å². The summed E-state index contributed by atoms with van der Waals surface area (Å²) in [5.74, 6) is -0.349. The molecule has 0 radical (unpaired) electrons. The summed E-state index contributed by atoms with van der Waals surface area (Å²) < 4.78 is 10.7. The number of aliphatic carboxylic acids is 1. The number of carbonyl (C=O) groups is 2. The first kappa shape index (κ1) is 18.0. The SMILES string of the molecule is CC(C)(C)OC(=O)N1CCC(CC2(C(=O)O)CCOCC2)CC1.